The van der Waals surface area contributed by atoms with Crippen LogP contribution in [0.5, 0.6) is 0 Å². The lowest BCUT2D eigenvalue weighted by Gasteiger charge is -2.17. The van der Waals surface area contributed by atoms with E-state index in [1.54, 1.807) is 14.2 Å². The van der Waals surface area contributed by atoms with Crippen molar-refractivity contribution < 1.29 is 28.4 Å². The molecule has 7 nitrogen and oxygen atoms in total. The molecule has 0 saturated heterocycles. The number of esters is 1. The number of nitrogens with one attached hydrogen (secondary N) is 1. The van der Waals surface area contributed by atoms with Crippen molar-refractivity contribution in [2.24, 2.45) is 0 Å². The van der Waals surface area contributed by atoms with E-state index in [4.69, 9.17) is 18.8 Å². The highest BCUT2D eigenvalue weighted by Crippen LogP contribution is 2.06. The Labute approximate surface area is 171 Å². The van der Waals surface area contributed by atoms with Crippen LogP contribution in [0.25, 0.3) is 0 Å². The summed E-state index contributed by atoms with van der Waals surface area (Å²) in [6.07, 6.45) is 0.294. The molecule has 0 radical (unpaired) electrons. The summed E-state index contributed by atoms with van der Waals surface area (Å²) in [6, 6.07) is 16.2. The maximum Gasteiger partial charge on any atom is 0.493 e. The zero-order chi connectivity index (χ0) is 21.1. The van der Waals surface area contributed by atoms with Crippen molar-refractivity contribution in [3.63, 3.8) is 0 Å². The quantitative estimate of drug-likeness (QED) is 0.450. The van der Waals surface area contributed by atoms with Gasteiger partial charge in [-0.3, -0.25) is 4.79 Å². The number of ether oxygens (including phenoxy) is 2. The predicted molar refractivity (Wildman–Crippen MR) is 110 cm³/mol. The fraction of sp³-hybridized carbons (Fsp3) is 0.333. The van der Waals surface area contributed by atoms with E-state index in [2.05, 4.69) is 5.32 Å². The van der Waals surface area contributed by atoms with Gasteiger partial charge in [0.15, 0.2) is 0 Å². The predicted octanol–water partition coefficient (Wildman–Crippen LogP) is 1.09. The topological polar surface area (TPSA) is 83.1 Å². The number of carbonyl (C=O) groups is 2. The molecule has 1 amide bonds. The Bertz CT molecular complexity index is 765. The van der Waals surface area contributed by atoms with E-state index >= 15 is 0 Å². The Morgan fingerprint density at radius 3 is 2.17 bits per heavy atom. The first-order valence-electron chi connectivity index (χ1n) is 9.20. The van der Waals surface area contributed by atoms with E-state index in [9.17, 15) is 9.59 Å². The molecule has 154 valence electrons. The van der Waals surface area contributed by atoms with E-state index in [1.807, 2.05) is 54.6 Å². The molecule has 2 rings (SSSR count). The number of carbonyl (C=O) groups excluding carboxylic acids is 2. The third-order valence-corrected chi connectivity index (χ3v) is 4.29. The van der Waals surface area contributed by atoms with Gasteiger partial charge in [-0.25, -0.2) is 4.79 Å². The lowest BCUT2D eigenvalue weighted by atomic mass is 9.78. The van der Waals surface area contributed by atoms with Crippen LogP contribution in [0, 0.1) is 0 Å². The van der Waals surface area contributed by atoms with Crippen LogP contribution in [-0.4, -0.2) is 53.0 Å². The smallest absolute Gasteiger partial charge is 0.467 e. The number of methoxy groups -OCH3 is 1. The van der Waals surface area contributed by atoms with Gasteiger partial charge in [-0.1, -0.05) is 54.6 Å². The van der Waals surface area contributed by atoms with Crippen LogP contribution in [0.4, 0.5) is 0 Å². The van der Waals surface area contributed by atoms with Crippen molar-refractivity contribution in [2.75, 3.05) is 27.9 Å². The molecule has 2 aromatic rings. The van der Waals surface area contributed by atoms with Gasteiger partial charge in [0.2, 0.25) is 5.91 Å². The molecule has 0 aliphatic heterocycles. The molecule has 29 heavy (non-hydrogen) atoms. The van der Waals surface area contributed by atoms with Crippen molar-refractivity contribution in [3.8, 4) is 0 Å². The number of amides is 1. The molecule has 2 aromatic carbocycles. The molecular weight excluding hydrogens is 373 g/mol. The highest BCUT2D eigenvalue weighted by Gasteiger charge is 2.23. The highest BCUT2D eigenvalue weighted by molar-refractivity contribution is 6.61. The first kappa shape index (κ1) is 22.6. The Hall–Kier alpha value is -2.68. The van der Waals surface area contributed by atoms with Gasteiger partial charge in [0.1, 0.15) is 12.6 Å². The van der Waals surface area contributed by atoms with Gasteiger partial charge in [-0.05, 0) is 16.6 Å². The molecule has 0 unspecified atom stereocenters. The first-order chi connectivity index (χ1) is 14.1. The van der Waals surface area contributed by atoms with Crippen LogP contribution < -0.4 is 10.8 Å². The summed E-state index contributed by atoms with van der Waals surface area (Å²) in [5.41, 5.74) is 2.68. The molecule has 1 atom stereocenters. The van der Waals surface area contributed by atoms with Crippen LogP contribution in [0.3, 0.4) is 0 Å². The van der Waals surface area contributed by atoms with Crippen LogP contribution in [0.15, 0.2) is 54.6 Å². The summed E-state index contributed by atoms with van der Waals surface area (Å²) >= 11 is 0. The fourth-order valence-electron chi connectivity index (χ4n) is 2.82. The molecule has 0 heterocycles. The molecule has 8 heteroatoms. The SMILES string of the molecule is COB(OC)c1ccc(C[C@@H](NC(=O)COCc2ccccc2)C(=O)OC)cc1. The largest absolute Gasteiger partial charge is 0.493 e. The van der Waals surface area contributed by atoms with Crippen molar-refractivity contribution in [3.05, 3.63) is 65.7 Å². The molecular formula is C21H26BNO6. The van der Waals surface area contributed by atoms with E-state index in [0.717, 1.165) is 16.6 Å². The summed E-state index contributed by atoms with van der Waals surface area (Å²) < 4.78 is 20.7. The summed E-state index contributed by atoms with van der Waals surface area (Å²) in [4.78, 5) is 24.3. The second-order valence-corrected chi connectivity index (χ2v) is 6.37. The number of benzene rings is 2. The van der Waals surface area contributed by atoms with Crippen LogP contribution in [0.1, 0.15) is 11.1 Å². The third-order valence-electron chi connectivity index (χ3n) is 4.29. The average molecular weight is 399 g/mol. The van der Waals surface area contributed by atoms with Gasteiger partial charge in [0.25, 0.3) is 0 Å². The Morgan fingerprint density at radius 1 is 0.931 bits per heavy atom. The number of hydrogen-bond acceptors (Lipinski definition) is 6. The second-order valence-electron chi connectivity index (χ2n) is 6.37. The molecule has 0 aliphatic rings. The Balaban J connectivity index is 1.91. The molecule has 0 bridgehead atoms. The average Bonchev–Trinajstić information content (AvgIpc) is 2.75. The van der Waals surface area contributed by atoms with E-state index in [1.165, 1.54) is 7.11 Å². The molecule has 0 aromatic heterocycles. The summed E-state index contributed by atoms with van der Waals surface area (Å²) in [7, 11) is 3.95. The Morgan fingerprint density at radius 2 is 1.59 bits per heavy atom. The van der Waals surface area contributed by atoms with Gasteiger partial charge in [0, 0.05) is 20.6 Å². The molecule has 0 saturated carbocycles. The van der Waals surface area contributed by atoms with Crippen LogP contribution >= 0.6 is 0 Å². The maximum absolute atomic E-state index is 12.2. The zero-order valence-corrected chi connectivity index (χ0v) is 16.9. The molecule has 0 fully saturated rings. The van der Waals surface area contributed by atoms with Crippen molar-refractivity contribution in [2.45, 2.75) is 19.1 Å². The molecule has 0 spiro atoms. The van der Waals surface area contributed by atoms with Gasteiger partial charge in [-0.2, -0.15) is 0 Å². The normalized spacial score (nSPS) is 11.6. The maximum atomic E-state index is 12.2. The van der Waals surface area contributed by atoms with Crippen molar-refractivity contribution in [1.29, 1.82) is 0 Å². The fourth-order valence-corrected chi connectivity index (χ4v) is 2.82. The third kappa shape index (κ3) is 7.34. The van der Waals surface area contributed by atoms with Crippen molar-refractivity contribution in [1.82, 2.24) is 5.32 Å². The number of rotatable bonds is 11. The zero-order valence-electron chi connectivity index (χ0n) is 16.9. The molecule has 1 N–H and O–H groups in total. The van der Waals surface area contributed by atoms with Gasteiger partial charge in [0.05, 0.1) is 13.7 Å². The minimum Gasteiger partial charge on any atom is -0.467 e. The van der Waals surface area contributed by atoms with Gasteiger partial charge >= 0.3 is 13.1 Å². The summed E-state index contributed by atoms with van der Waals surface area (Å²) in [5, 5.41) is 2.67. The van der Waals surface area contributed by atoms with Gasteiger partial charge in [-0.15, -0.1) is 0 Å². The Kier molecular flexibility index (Phi) is 9.36. The minimum absolute atomic E-state index is 0.148. The molecule has 0 aliphatic carbocycles. The monoisotopic (exact) mass is 399 g/mol. The summed E-state index contributed by atoms with van der Waals surface area (Å²) in [5.74, 6) is -0.899. The van der Waals surface area contributed by atoms with Crippen LogP contribution in [-0.2, 0) is 41.4 Å². The lowest BCUT2D eigenvalue weighted by Crippen LogP contribution is -2.44. The van der Waals surface area contributed by atoms with Gasteiger partial charge < -0.3 is 24.1 Å². The van der Waals surface area contributed by atoms with E-state index in [0.29, 0.717) is 13.0 Å². The second kappa shape index (κ2) is 12.0. The highest BCUT2D eigenvalue weighted by atomic mass is 16.6. The minimum atomic E-state index is -0.806. The van der Waals surface area contributed by atoms with Crippen molar-refractivity contribution >= 4 is 24.5 Å². The summed E-state index contributed by atoms with van der Waals surface area (Å²) in [6.45, 7) is 0.170. The van der Waals surface area contributed by atoms with Crippen LogP contribution in [0.2, 0.25) is 0 Å². The first-order valence-corrected chi connectivity index (χ1v) is 9.20. The lowest BCUT2D eigenvalue weighted by molar-refractivity contribution is -0.145. The van der Waals surface area contributed by atoms with E-state index < -0.39 is 19.1 Å². The van der Waals surface area contributed by atoms with E-state index in [-0.39, 0.29) is 12.5 Å². The standard InChI is InChI=1S/C21H26BNO6/c1-26-21(25)19(13-16-9-11-18(12-10-16)22(27-2)28-3)23-20(24)15-29-14-17-7-5-4-6-8-17/h4-12,19H,13-15H2,1-3H3,(H,23,24)/t19-/m1/s1. The number of hydrogen-bond donors (Lipinski definition) is 1.